The van der Waals surface area contributed by atoms with Crippen molar-refractivity contribution in [1.29, 1.82) is 0 Å². The van der Waals surface area contributed by atoms with Crippen LogP contribution in [-0.4, -0.2) is 16.5 Å². The summed E-state index contributed by atoms with van der Waals surface area (Å²) in [7, 11) is 0. The smallest absolute Gasteiger partial charge is 0.174 e. The number of aromatic nitrogens is 2. The second-order valence-electron chi connectivity index (χ2n) is 1.84. The summed E-state index contributed by atoms with van der Waals surface area (Å²) in [6.07, 6.45) is 2.96. The molecule has 2 N–H and O–H groups in total. The molecular weight excluding hydrogens is 130 g/mol. The van der Waals surface area contributed by atoms with E-state index < -0.39 is 0 Å². The van der Waals surface area contributed by atoms with E-state index >= 15 is 0 Å². The molecule has 5 heteroatoms. The van der Waals surface area contributed by atoms with Gasteiger partial charge in [-0.25, -0.2) is 10.3 Å². The maximum Gasteiger partial charge on any atom is 0.174 e. The molecule has 1 aromatic heterocycles. The normalized spacial score (nSPS) is 12.8. The molecule has 49 valence electrons. The Morgan fingerprint density at radius 2 is 2.30 bits per heavy atom. The predicted octanol–water partition coefficient (Wildman–Crippen LogP) is -0.0319. The van der Waals surface area contributed by atoms with Crippen LogP contribution in [0.1, 0.15) is 0 Å². The molecule has 0 bridgehead atoms. The van der Waals surface area contributed by atoms with Crippen LogP contribution in [0.3, 0.4) is 0 Å². The van der Waals surface area contributed by atoms with Crippen molar-refractivity contribution in [2.75, 3.05) is 5.73 Å². The van der Waals surface area contributed by atoms with Gasteiger partial charge in [0.1, 0.15) is 17.7 Å². The Balaban J connectivity index is 2.67. The van der Waals surface area contributed by atoms with Gasteiger partial charge in [-0.2, -0.15) is 5.10 Å². The Kier molecular flexibility index (Phi) is 0.858. The third-order valence-electron chi connectivity index (χ3n) is 1.21. The van der Waals surface area contributed by atoms with Crippen molar-refractivity contribution in [2.24, 2.45) is 4.99 Å². The third kappa shape index (κ3) is 0.540. The van der Waals surface area contributed by atoms with Crippen molar-refractivity contribution in [3.8, 4) is 0 Å². The Morgan fingerprint density at radius 3 is 3.10 bits per heavy atom. The molecule has 1 aliphatic rings. The van der Waals surface area contributed by atoms with Gasteiger partial charge in [-0.05, 0) is 0 Å². The summed E-state index contributed by atoms with van der Waals surface area (Å²) in [5.74, 6) is 0.329. The lowest BCUT2D eigenvalue weighted by Gasteiger charge is -1.94. The third-order valence-corrected chi connectivity index (χ3v) is 1.21. The van der Waals surface area contributed by atoms with E-state index in [0.717, 1.165) is 0 Å². The first-order valence-corrected chi connectivity index (χ1v) is 2.72. The summed E-state index contributed by atoms with van der Waals surface area (Å²) < 4.78 is 0. The van der Waals surface area contributed by atoms with Crippen molar-refractivity contribution < 1.29 is 0 Å². The van der Waals surface area contributed by atoms with Crippen molar-refractivity contribution >= 4 is 23.5 Å². The van der Waals surface area contributed by atoms with E-state index in [2.05, 4.69) is 20.5 Å². The first-order valence-electron chi connectivity index (χ1n) is 2.72. The maximum absolute atomic E-state index is 5.42. The van der Waals surface area contributed by atoms with E-state index in [4.69, 9.17) is 5.73 Å². The van der Waals surface area contributed by atoms with E-state index in [1.807, 2.05) is 0 Å². The fraction of sp³-hybridized carbons (Fsp3) is 0. The molecule has 0 unspecified atom stereocenters. The highest BCUT2D eigenvalue weighted by Crippen LogP contribution is 2.30. The molecule has 5 nitrogen and oxygen atoms in total. The molecule has 2 heterocycles. The van der Waals surface area contributed by atoms with Gasteiger partial charge in [-0.15, -0.1) is 5.10 Å². The second-order valence-corrected chi connectivity index (χ2v) is 1.84. The summed E-state index contributed by atoms with van der Waals surface area (Å²) in [6.45, 7) is 0. The van der Waals surface area contributed by atoms with Crippen molar-refractivity contribution in [1.82, 2.24) is 15.5 Å². The highest BCUT2D eigenvalue weighted by molar-refractivity contribution is 5.86. The Hall–Kier alpha value is -1.65. The molecule has 1 aliphatic heterocycles. The molecule has 0 atom stereocenters. The average molecular weight is 134 g/mol. The van der Waals surface area contributed by atoms with Crippen molar-refractivity contribution in [3.05, 3.63) is 6.20 Å². The minimum absolute atomic E-state index is 0.329. The molecule has 0 amide bonds. The lowest BCUT2D eigenvalue weighted by Crippen LogP contribution is -1.93. The molecule has 0 saturated heterocycles. The molecule has 10 heavy (non-hydrogen) atoms. The van der Waals surface area contributed by atoms with Crippen LogP contribution in [0.4, 0.5) is 17.2 Å². The van der Waals surface area contributed by atoms with Crippen LogP contribution in [0.25, 0.3) is 0 Å². The predicted molar refractivity (Wildman–Crippen MR) is 36.4 cm³/mol. The molecule has 0 aliphatic carbocycles. The van der Waals surface area contributed by atoms with Gasteiger partial charge in [0.25, 0.3) is 0 Å². The van der Waals surface area contributed by atoms with E-state index in [-0.39, 0.29) is 0 Å². The molecule has 1 radical (unpaired) electrons. The lowest BCUT2D eigenvalue weighted by molar-refractivity contribution is 1.03. The number of nitrogen functional groups attached to an aromatic ring is 1. The van der Waals surface area contributed by atoms with Gasteiger partial charge in [0.05, 0.1) is 6.20 Å². The summed E-state index contributed by atoms with van der Waals surface area (Å²) in [6, 6.07) is 0. The zero-order valence-corrected chi connectivity index (χ0v) is 5.02. The van der Waals surface area contributed by atoms with Crippen LogP contribution < -0.4 is 11.1 Å². The molecular formula is C5H4N5. The van der Waals surface area contributed by atoms with Crippen LogP contribution in [0.5, 0.6) is 0 Å². The minimum atomic E-state index is 0.329. The standard InChI is InChI=1S/C5H4N5/c6-5-4-3(1-9-10-5)7-2-8-4/h1-2H,(H2,6,10). The van der Waals surface area contributed by atoms with Crippen LogP contribution in [0.15, 0.2) is 11.2 Å². The summed E-state index contributed by atoms with van der Waals surface area (Å²) in [5.41, 5.74) is 6.73. The number of anilines is 1. The summed E-state index contributed by atoms with van der Waals surface area (Å²) in [5, 5.41) is 11.1. The molecule has 0 saturated carbocycles. The fourth-order valence-corrected chi connectivity index (χ4v) is 0.761. The number of fused-ring (bicyclic) bond motifs is 1. The topological polar surface area (TPSA) is 78.3 Å². The summed E-state index contributed by atoms with van der Waals surface area (Å²) in [4.78, 5) is 3.88. The number of hydrogen-bond donors (Lipinski definition) is 1. The van der Waals surface area contributed by atoms with Gasteiger partial charge in [-0.3, -0.25) is 0 Å². The molecule has 0 fully saturated rings. The first-order chi connectivity index (χ1) is 4.88. The highest BCUT2D eigenvalue weighted by atomic mass is 15.2. The van der Waals surface area contributed by atoms with Gasteiger partial charge >= 0.3 is 0 Å². The fourth-order valence-electron chi connectivity index (χ4n) is 0.761. The summed E-state index contributed by atoms with van der Waals surface area (Å²) >= 11 is 0. The Labute approximate surface area is 57.0 Å². The monoisotopic (exact) mass is 134 g/mol. The SMILES string of the molecule is Nc1nncc2c1N=C[N]2. The Morgan fingerprint density at radius 1 is 1.40 bits per heavy atom. The number of aliphatic imine (C=N–C) groups is 1. The van der Waals surface area contributed by atoms with E-state index in [1.165, 1.54) is 12.5 Å². The van der Waals surface area contributed by atoms with Gasteiger partial charge in [-0.1, -0.05) is 0 Å². The van der Waals surface area contributed by atoms with E-state index in [9.17, 15) is 0 Å². The number of nitrogens with two attached hydrogens (primary N) is 1. The van der Waals surface area contributed by atoms with Gasteiger partial charge in [0, 0.05) is 0 Å². The van der Waals surface area contributed by atoms with Gasteiger partial charge < -0.3 is 5.73 Å². The van der Waals surface area contributed by atoms with Gasteiger partial charge in [0.15, 0.2) is 5.82 Å². The largest absolute Gasteiger partial charge is 0.380 e. The van der Waals surface area contributed by atoms with E-state index in [0.29, 0.717) is 17.2 Å². The molecule has 0 aromatic carbocycles. The first kappa shape index (κ1) is 5.16. The quantitative estimate of drug-likeness (QED) is 0.541. The zero-order chi connectivity index (χ0) is 6.97. The highest BCUT2D eigenvalue weighted by Gasteiger charge is 2.11. The number of hydrogen-bond acceptors (Lipinski definition) is 4. The lowest BCUT2D eigenvalue weighted by atomic mass is 10.4. The molecule has 1 aromatic rings. The van der Waals surface area contributed by atoms with E-state index in [1.54, 1.807) is 0 Å². The zero-order valence-electron chi connectivity index (χ0n) is 5.02. The average Bonchev–Trinajstić information content (AvgIpc) is 2.36. The van der Waals surface area contributed by atoms with Crippen LogP contribution in [0.2, 0.25) is 0 Å². The van der Waals surface area contributed by atoms with Crippen molar-refractivity contribution in [2.45, 2.75) is 0 Å². The van der Waals surface area contributed by atoms with Crippen LogP contribution in [-0.2, 0) is 0 Å². The van der Waals surface area contributed by atoms with Crippen molar-refractivity contribution in [3.63, 3.8) is 0 Å². The maximum atomic E-state index is 5.42. The Bertz CT molecular complexity index is 292. The minimum Gasteiger partial charge on any atom is -0.380 e. The van der Waals surface area contributed by atoms with Crippen LogP contribution in [0, 0.1) is 0 Å². The molecule has 2 rings (SSSR count). The second kappa shape index (κ2) is 1.66. The number of rotatable bonds is 0. The van der Waals surface area contributed by atoms with Gasteiger partial charge in [0.2, 0.25) is 0 Å². The number of nitrogens with zero attached hydrogens (tertiary/aromatic N) is 4. The van der Waals surface area contributed by atoms with Crippen LogP contribution >= 0.6 is 0 Å². The molecule has 0 spiro atoms.